The molecule has 25 heavy (non-hydrogen) atoms. The van der Waals surface area contributed by atoms with Crippen molar-refractivity contribution >= 4 is 11.6 Å². The zero-order valence-electron chi connectivity index (χ0n) is 15.9. The lowest BCUT2D eigenvalue weighted by atomic mass is 9.84. The molecular formula is C19H30N2O4. The Morgan fingerprint density at radius 3 is 2.20 bits per heavy atom. The van der Waals surface area contributed by atoms with E-state index in [-0.39, 0.29) is 5.91 Å². The lowest BCUT2D eigenvalue weighted by Crippen LogP contribution is -2.34. The van der Waals surface area contributed by atoms with Gasteiger partial charge in [0.2, 0.25) is 11.7 Å². The summed E-state index contributed by atoms with van der Waals surface area (Å²) < 4.78 is 16.1. The first-order valence-electron chi connectivity index (χ1n) is 8.79. The number of amides is 1. The molecule has 1 unspecified atom stereocenters. The van der Waals surface area contributed by atoms with Gasteiger partial charge in [0, 0.05) is 25.6 Å². The maximum atomic E-state index is 12.7. The summed E-state index contributed by atoms with van der Waals surface area (Å²) >= 11 is 0. The minimum absolute atomic E-state index is 0.0975. The molecule has 1 saturated heterocycles. The van der Waals surface area contributed by atoms with Crippen LogP contribution in [0, 0.1) is 11.8 Å². The van der Waals surface area contributed by atoms with Crippen molar-refractivity contribution in [3.05, 3.63) is 12.1 Å². The molecule has 0 aliphatic carbocycles. The Bertz CT molecular complexity index is 560. The standard InChI is InChI=1S/C19H30N2O4/c1-13(14-6-8-20-9-7-14)10-18(22)21(2)15-11-16(23-3)19(25-5)17(12-15)24-4/h11-14,20H,6-10H2,1-5H3. The lowest BCUT2D eigenvalue weighted by molar-refractivity contribution is -0.119. The predicted octanol–water partition coefficient (Wildman–Crippen LogP) is 2.70. The van der Waals surface area contributed by atoms with Crippen LogP contribution in [0.1, 0.15) is 26.2 Å². The van der Waals surface area contributed by atoms with E-state index in [1.807, 2.05) is 0 Å². The first kappa shape index (κ1) is 19.4. The third-order valence-electron chi connectivity index (χ3n) is 5.10. The van der Waals surface area contributed by atoms with Crippen molar-refractivity contribution in [1.82, 2.24) is 5.32 Å². The number of rotatable bonds is 7. The molecule has 1 heterocycles. The average Bonchev–Trinajstić information content (AvgIpc) is 2.66. The highest BCUT2D eigenvalue weighted by Gasteiger charge is 2.24. The van der Waals surface area contributed by atoms with Crippen LogP contribution in [-0.2, 0) is 4.79 Å². The molecule has 1 N–H and O–H groups in total. The van der Waals surface area contributed by atoms with Crippen molar-refractivity contribution in [2.45, 2.75) is 26.2 Å². The Labute approximate surface area is 150 Å². The van der Waals surface area contributed by atoms with E-state index in [2.05, 4.69) is 12.2 Å². The van der Waals surface area contributed by atoms with Gasteiger partial charge in [-0.3, -0.25) is 4.79 Å². The van der Waals surface area contributed by atoms with Gasteiger partial charge < -0.3 is 24.4 Å². The summed E-state index contributed by atoms with van der Waals surface area (Å²) in [6.07, 6.45) is 2.82. The molecule has 0 aromatic heterocycles. The molecule has 1 aliphatic rings. The fourth-order valence-corrected chi connectivity index (χ4v) is 3.40. The Morgan fingerprint density at radius 2 is 1.72 bits per heavy atom. The number of nitrogens with one attached hydrogen (secondary N) is 1. The monoisotopic (exact) mass is 350 g/mol. The number of nitrogens with zero attached hydrogens (tertiary/aromatic N) is 1. The smallest absolute Gasteiger partial charge is 0.226 e. The van der Waals surface area contributed by atoms with Gasteiger partial charge in [-0.15, -0.1) is 0 Å². The van der Waals surface area contributed by atoms with E-state index in [1.165, 1.54) is 0 Å². The molecule has 0 saturated carbocycles. The summed E-state index contributed by atoms with van der Waals surface area (Å²) in [6, 6.07) is 3.60. The fourth-order valence-electron chi connectivity index (χ4n) is 3.40. The molecule has 0 bridgehead atoms. The summed E-state index contributed by atoms with van der Waals surface area (Å²) in [5, 5.41) is 3.37. The van der Waals surface area contributed by atoms with Crippen LogP contribution >= 0.6 is 0 Å². The summed E-state index contributed by atoms with van der Waals surface area (Å²) in [7, 11) is 6.50. The van der Waals surface area contributed by atoms with Gasteiger partial charge in [0.1, 0.15) is 0 Å². The molecule has 1 atom stereocenters. The maximum Gasteiger partial charge on any atom is 0.226 e. The second kappa shape index (κ2) is 8.94. The van der Waals surface area contributed by atoms with Crippen LogP contribution < -0.4 is 24.4 Å². The molecule has 6 heteroatoms. The van der Waals surface area contributed by atoms with Gasteiger partial charge >= 0.3 is 0 Å². The largest absolute Gasteiger partial charge is 0.493 e. The molecular weight excluding hydrogens is 320 g/mol. The van der Waals surface area contributed by atoms with E-state index in [1.54, 1.807) is 45.4 Å². The lowest BCUT2D eigenvalue weighted by Gasteiger charge is -2.29. The van der Waals surface area contributed by atoms with Crippen molar-refractivity contribution in [2.24, 2.45) is 11.8 Å². The van der Waals surface area contributed by atoms with Crippen LogP contribution in [0.5, 0.6) is 17.2 Å². The number of hydrogen-bond acceptors (Lipinski definition) is 5. The number of benzene rings is 1. The van der Waals surface area contributed by atoms with Gasteiger partial charge in [-0.25, -0.2) is 0 Å². The van der Waals surface area contributed by atoms with Crippen molar-refractivity contribution in [2.75, 3.05) is 46.4 Å². The Morgan fingerprint density at radius 1 is 1.16 bits per heavy atom. The normalized spacial score (nSPS) is 16.2. The summed E-state index contributed by atoms with van der Waals surface area (Å²) in [5.74, 6) is 2.70. The molecule has 140 valence electrons. The van der Waals surface area contributed by atoms with Crippen LogP contribution in [-0.4, -0.2) is 47.4 Å². The van der Waals surface area contributed by atoms with Crippen LogP contribution in [0.15, 0.2) is 12.1 Å². The van der Waals surface area contributed by atoms with Crippen LogP contribution in [0.2, 0.25) is 0 Å². The van der Waals surface area contributed by atoms with E-state index in [0.717, 1.165) is 31.6 Å². The molecule has 2 rings (SSSR count). The van der Waals surface area contributed by atoms with E-state index >= 15 is 0 Å². The molecule has 6 nitrogen and oxygen atoms in total. The summed E-state index contributed by atoms with van der Waals surface area (Å²) in [5.41, 5.74) is 0.733. The van der Waals surface area contributed by atoms with E-state index < -0.39 is 0 Å². The number of ether oxygens (including phenoxy) is 3. The van der Waals surface area contributed by atoms with Crippen LogP contribution in [0.4, 0.5) is 5.69 Å². The van der Waals surface area contributed by atoms with E-state index in [0.29, 0.717) is 35.5 Å². The van der Waals surface area contributed by atoms with Gasteiger partial charge in [-0.05, 0) is 37.8 Å². The molecule has 0 spiro atoms. The number of hydrogen-bond donors (Lipinski definition) is 1. The number of methoxy groups -OCH3 is 3. The van der Waals surface area contributed by atoms with Crippen molar-refractivity contribution < 1.29 is 19.0 Å². The van der Waals surface area contributed by atoms with Crippen molar-refractivity contribution in [3.8, 4) is 17.2 Å². The number of carbonyl (C=O) groups is 1. The molecule has 1 amide bonds. The topological polar surface area (TPSA) is 60.0 Å². The highest BCUT2D eigenvalue weighted by Crippen LogP contribution is 2.41. The van der Waals surface area contributed by atoms with Gasteiger partial charge in [0.15, 0.2) is 11.5 Å². The highest BCUT2D eigenvalue weighted by molar-refractivity contribution is 5.93. The average molecular weight is 350 g/mol. The van der Waals surface area contributed by atoms with Gasteiger partial charge in [-0.2, -0.15) is 0 Å². The maximum absolute atomic E-state index is 12.7. The van der Waals surface area contributed by atoms with E-state index in [4.69, 9.17) is 14.2 Å². The first-order chi connectivity index (χ1) is 12.0. The quantitative estimate of drug-likeness (QED) is 0.819. The molecule has 1 fully saturated rings. The molecule has 1 aromatic rings. The zero-order chi connectivity index (χ0) is 18.4. The zero-order valence-corrected chi connectivity index (χ0v) is 15.9. The van der Waals surface area contributed by atoms with Gasteiger partial charge in [0.05, 0.1) is 27.0 Å². The first-order valence-corrected chi connectivity index (χ1v) is 8.79. The van der Waals surface area contributed by atoms with Gasteiger partial charge in [-0.1, -0.05) is 6.92 Å². The second-order valence-electron chi connectivity index (χ2n) is 6.61. The minimum Gasteiger partial charge on any atom is -0.493 e. The number of carbonyl (C=O) groups excluding carboxylic acids is 1. The SMILES string of the molecule is COc1cc(N(C)C(=O)CC(C)C2CCNCC2)cc(OC)c1OC. The third kappa shape index (κ3) is 4.57. The number of anilines is 1. The fraction of sp³-hybridized carbons (Fsp3) is 0.632. The Hall–Kier alpha value is -1.95. The molecule has 1 aromatic carbocycles. The van der Waals surface area contributed by atoms with E-state index in [9.17, 15) is 4.79 Å². The summed E-state index contributed by atoms with van der Waals surface area (Å²) in [6.45, 7) is 4.27. The van der Waals surface area contributed by atoms with Crippen LogP contribution in [0.25, 0.3) is 0 Å². The summed E-state index contributed by atoms with van der Waals surface area (Å²) in [4.78, 5) is 14.4. The predicted molar refractivity (Wildman–Crippen MR) is 98.9 cm³/mol. The van der Waals surface area contributed by atoms with Crippen molar-refractivity contribution in [3.63, 3.8) is 0 Å². The highest BCUT2D eigenvalue weighted by atomic mass is 16.5. The Kier molecular flexibility index (Phi) is 6.93. The minimum atomic E-state index is 0.0975. The van der Waals surface area contributed by atoms with Gasteiger partial charge in [0.25, 0.3) is 0 Å². The van der Waals surface area contributed by atoms with Crippen molar-refractivity contribution in [1.29, 1.82) is 0 Å². The third-order valence-corrected chi connectivity index (χ3v) is 5.10. The number of piperidine rings is 1. The van der Waals surface area contributed by atoms with Crippen LogP contribution in [0.3, 0.4) is 0 Å². The molecule has 0 radical (unpaired) electrons. The second-order valence-corrected chi connectivity index (χ2v) is 6.61. The Balaban J connectivity index is 2.12. The molecule has 1 aliphatic heterocycles.